The maximum absolute atomic E-state index is 12.8. The highest BCUT2D eigenvalue weighted by Crippen LogP contribution is 2.40. The predicted molar refractivity (Wildman–Crippen MR) is 88.9 cm³/mol. The van der Waals surface area contributed by atoms with E-state index >= 15 is 0 Å². The number of halogens is 3. The van der Waals surface area contributed by atoms with E-state index in [1.54, 1.807) is 12.1 Å². The quantitative estimate of drug-likeness (QED) is 0.860. The molecule has 2 aliphatic heterocycles. The van der Waals surface area contributed by atoms with Crippen LogP contribution in [0.3, 0.4) is 0 Å². The van der Waals surface area contributed by atoms with Crippen molar-refractivity contribution < 1.29 is 13.2 Å². The summed E-state index contributed by atoms with van der Waals surface area (Å²) in [6.07, 6.45) is -4.30. The Labute approximate surface area is 138 Å². The van der Waals surface area contributed by atoms with E-state index in [0.29, 0.717) is 6.04 Å². The molecule has 6 heteroatoms. The van der Waals surface area contributed by atoms with Crippen LogP contribution in [0.4, 0.5) is 30.2 Å². The van der Waals surface area contributed by atoms with Crippen LogP contribution in [0.15, 0.2) is 48.5 Å². The smallest absolute Gasteiger partial charge is 0.363 e. The number of anilines is 3. The van der Waals surface area contributed by atoms with Gasteiger partial charge >= 0.3 is 6.18 Å². The highest BCUT2D eigenvalue weighted by Gasteiger charge is 2.34. The molecule has 0 radical (unpaired) electrons. The van der Waals surface area contributed by atoms with E-state index in [0.717, 1.165) is 55.4 Å². The molecular formula is C18H18F3N3. The fourth-order valence-electron chi connectivity index (χ4n) is 3.56. The zero-order valence-electron chi connectivity index (χ0n) is 13.1. The lowest BCUT2D eigenvalue weighted by molar-refractivity contribution is -0.137. The fraction of sp³-hybridized carbons (Fsp3) is 0.333. The van der Waals surface area contributed by atoms with Gasteiger partial charge in [-0.3, -0.25) is 0 Å². The van der Waals surface area contributed by atoms with Crippen molar-refractivity contribution in [2.24, 2.45) is 0 Å². The number of benzene rings is 2. The molecule has 1 fully saturated rings. The Morgan fingerprint density at radius 1 is 0.958 bits per heavy atom. The van der Waals surface area contributed by atoms with Crippen LogP contribution < -0.4 is 15.1 Å². The second-order valence-electron chi connectivity index (χ2n) is 6.20. The Hall–Kier alpha value is -2.21. The molecule has 0 aromatic heterocycles. The Morgan fingerprint density at radius 3 is 2.38 bits per heavy atom. The van der Waals surface area contributed by atoms with E-state index in [1.165, 1.54) is 0 Å². The van der Waals surface area contributed by atoms with Gasteiger partial charge in [0.25, 0.3) is 0 Å². The topological polar surface area (TPSA) is 18.5 Å². The van der Waals surface area contributed by atoms with Crippen LogP contribution >= 0.6 is 0 Å². The van der Waals surface area contributed by atoms with Crippen molar-refractivity contribution in [2.75, 3.05) is 36.0 Å². The summed E-state index contributed by atoms with van der Waals surface area (Å²) in [5.41, 5.74) is 2.38. The lowest BCUT2D eigenvalue weighted by atomic mass is 10.0. The van der Waals surface area contributed by atoms with Crippen LogP contribution in [0.2, 0.25) is 0 Å². The summed E-state index contributed by atoms with van der Waals surface area (Å²) in [5.74, 6) is 0. The molecule has 0 saturated carbocycles. The lowest BCUT2D eigenvalue weighted by Crippen LogP contribution is -2.58. The van der Waals surface area contributed by atoms with E-state index in [-0.39, 0.29) is 0 Å². The second-order valence-corrected chi connectivity index (χ2v) is 6.20. The van der Waals surface area contributed by atoms with Crippen LogP contribution in [-0.2, 0) is 6.18 Å². The summed E-state index contributed by atoms with van der Waals surface area (Å²) in [6, 6.07) is 13.8. The molecule has 0 spiro atoms. The summed E-state index contributed by atoms with van der Waals surface area (Å²) in [5, 5.41) is 3.40. The van der Waals surface area contributed by atoms with E-state index in [1.807, 2.05) is 18.2 Å². The van der Waals surface area contributed by atoms with Gasteiger partial charge in [-0.2, -0.15) is 13.2 Å². The normalized spacial score (nSPS) is 20.5. The number of rotatable bonds is 1. The van der Waals surface area contributed by atoms with Crippen molar-refractivity contribution in [3.8, 4) is 0 Å². The van der Waals surface area contributed by atoms with Crippen LogP contribution in [0.1, 0.15) is 5.56 Å². The van der Waals surface area contributed by atoms with Gasteiger partial charge in [-0.05, 0) is 36.4 Å². The number of fused-ring (bicyclic) bond motifs is 3. The maximum atomic E-state index is 12.8. The van der Waals surface area contributed by atoms with Gasteiger partial charge in [0, 0.05) is 31.9 Å². The van der Waals surface area contributed by atoms with Crippen molar-refractivity contribution in [3.05, 3.63) is 54.1 Å². The zero-order valence-corrected chi connectivity index (χ0v) is 13.1. The summed E-state index contributed by atoms with van der Waals surface area (Å²) in [7, 11) is 0. The summed E-state index contributed by atoms with van der Waals surface area (Å²) >= 11 is 0. The number of hydrogen-bond donors (Lipinski definition) is 1. The Kier molecular flexibility index (Phi) is 3.64. The molecule has 0 amide bonds. The first-order valence-electron chi connectivity index (χ1n) is 8.05. The molecule has 0 aliphatic carbocycles. The van der Waals surface area contributed by atoms with E-state index in [2.05, 4.69) is 21.2 Å². The first kappa shape index (κ1) is 15.3. The first-order valence-corrected chi connectivity index (χ1v) is 8.05. The van der Waals surface area contributed by atoms with E-state index in [4.69, 9.17) is 0 Å². The zero-order chi connectivity index (χ0) is 16.7. The molecule has 4 rings (SSSR count). The number of piperazine rings is 1. The molecule has 3 nitrogen and oxygen atoms in total. The number of alkyl halides is 3. The van der Waals surface area contributed by atoms with E-state index < -0.39 is 11.7 Å². The van der Waals surface area contributed by atoms with Crippen LogP contribution in [-0.4, -0.2) is 32.2 Å². The van der Waals surface area contributed by atoms with Gasteiger partial charge in [0.1, 0.15) is 0 Å². The number of hydrogen-bond acceptors (Lipinski definition) is 3. The molecule has 2 heterocycles. The minimum Gasteiger partial charge on any atom is -0.363 e. The van der Waals surface area contributed by atoms with Gasteiger partial charge in [0.15, 0.2) is 0 Å². The van der Waals surface area contributed by atoms with Crippen molar-refractivity contribution in [3.63, 3.8) is 0 Å². The van der Waals surface area contributed by atoms with Crippen molar-refractivity contribution in [2.45, 2.75) is 12.2 Å². The van der Waals surface area contributed by atoms with Gasteiger partial charge in [-0.25, -0.2) is 0 Å². The van der Waals surface area contributed by atoms with Crippen molar-refractivity contribution >= 4 is 17.1 Å². The first-order chi connectivity index (χ1) is 11.5. The van der Waals surface area contributed by atoms with Crippen LogP contribution in [0.25, 0.3) is 0 Å². The average molecular weight is 333 g/mol. The molecule has 1 saturated heterocycles. The Morgan fingerprint density at radius 2 is 1.67 bits per heavy atom. The number of para-hydroxylation sites is 2. The molecule has 2 aromatic rings. The third kappa shape index (κ3) is 2.60. The minimum atomic E-state index is -4.30. The van der Waals surface area contributed by atoms with Gasteiger partial charge in [-0.1, -0.05) is 12.1 Å². The fourth-order valence-corrected chi connectivity index (χ4v) is 3.56. The molecule has 0 bridgehead atoms. The van der Waals surface area contributed by atoms with Crippen molar-refractivity contribution in [1.82, 2.24) is 5.32 Å². The molecule has 1 atom stereocenters. The highest BCUT2D eigenvalue weighted by atomic mass is 19.4. The largest absolute Gasteiger partial charge is 0.416 e. The SMILES string of the molecule is FC(F)(F)c1ccc(N2CC3CNCCN3c3ccccc32)cc1. The number of nitrogens with one attached hydrogen (secondary N) is 1. The van der Waals surface area contributed by atoms with Crippen LogP contribution in [0.5, 0.6) is 0 Å². The number of nitrogens with zero attached hydrogens (tertiary/aromatic N) is 2. The van der Waals surface area contributed by atoms with E-state index in [9.17, 15) is 13.2 Å². The van der Waals surface area contributed by atoms with Crippen molar-refractivity contribution in [1.29, 1.82) is 0 Å². The maximum Gasteiger partial charge on any atom is 0.416 e. The molecule has 1 N–H and O–H groups in total. The third-order valence-corrected chi connectivity index (χ3v) is 4.73. The Bertz CT molecular complexity index is 727. The van der Waals surface area contributed by atoms with Gasteiger partial charge in [-0.15, -0.1) is 0 Å². The molecule has 126 valence electrons. The standard InChI is InChI=1S/C18H18F3N3/c19-18(20,21)13-5-7-14(8-6-13)24-12-15-11-22-9-10-23(15)16-3-1-2-4-17(16)24/h1-8,15,22H,9-12H2. The third-order valence-electron chi connectivity index (χ3n) is 4.73. The minimum absolute atomic E-state index is 0.316. The lowest BCUT2D eigenvalue weighted by Gasteiger charge is -2.47. The Balaban J connectivity index is 1.72. The molecule has 1 unspecified atom stereocenters. The van der Waals surface area contributed by atoms with Gasteiger partial charge in [0.2, 0.25) is 0 Å². The molecular weight excluding hydrogens is 315 g/mol. The summed E-state index contributed by atoms with van der Waals surface area (Å²) < 4.78 is 38.4. The molecule has 2 aromatic carbocycles. The molecule has 24 heavy (non-hydrogen) atoms. The monoisotopic (exact) mass is 333 g/mol. The second kappa shape index (κ2) is 5.70. The predicted octanol–water partition coefficient (Wildman–Crippen LogP) is 3.64. The average Bonchev–Trinajstić information content (AvgIpc) is 2.60. The van der Waals surface area contributed by atoms with Gasteiger partial charge in [0.05, 0.1) is 23.0 Å². The summed E-state index contributed by atoms with van der Waals surface area (Å²) in [6.45, 7) is 3.54. The highest BCUT2D eigenvalue weighted by molar-refractivity contribution is 5.80. The molecule has 2 aliphatic rings. The summed E-state index contributed by atoms with van der Waals surface area (Å²) in [4.78, 5) is 4.51. The van der Waals surface area contributed by atoms with Crippen LogP contribution in [0, 0.1) is 0 Å². The van der Waals surface area contributed by atoms with Gasteiger partial charge < -0.3 is 15.1 Å².